The number of nitrogens with zero attached hydrogens (tertiary/aromatic N) is 4. The summed E-state index contributed by atoms with van der Waals surface area (Å²) in [6.07, 6.45) is 5.26. The minimum absolute atomic E-state index is 0.0557. The predicted octanol–water partition coefficient (Wildman–Crippen LogP) is 0.928. The Morgan fingerprint density at radius 3 is 2.78 bits per heavy atom. The average Bonchev–Trinajstić information content (AvgIpc) is 3.18. The second-order valence-electron chi connectivity index (χ2n) is 6.87. The molecule has 2 aliphatic heterocycles. The van der Waals surface area contributed by atoms with Crippen molar-refractivity contribution in [3.05, 3.63) is 18.0 Å². The molecule has 2 atom stereocenters. The molecule has 0 aromatic carbocycles. The fraction of sp³-hybridized carbons (Fsp3) is 0.688. The molecule has 126 valence electrons. The maximum atomic E-state index is 12.4. The van der Waals surface area contributed by atoms with Crippen LogP contribution in [0.25, 0.3) is 0 Å². The Labute approximate surface area is 136 Å². The maximum absolute atomic E-state index is 12.4. The number of aryl methyl sites for hydroxylation is 1. The van der Waals surface area contributed by atoms with Crippen LogP contribution < -0.4 is 5.32 Å². The van der Waals surface area contributed by atoms with Gasteiger partial charge in [-0.15, -0.1) is 0 Å². The number of carbonyl (C=O) groups excluding carboxylic acids is 2. The molecule has 0 radical (unpaired) electrons. The Hall–Kier alpha value is -2.05. The number of rotatable bonds is 3. The van der Waals surface area contributed by atoms with Gasteiger partial charge in [-0.1, -0.05) is 0 Å². The summed E-state index contributed by atoms with van der Waals surface area (Å²) in [5.74, 6) is 0.479. The van der Waals surface area contributed by atoms with Crippen LogP contribution in [0.1, 0.15) is 38.2 Å². The zero-order chi connectivity index (χ0) is 16.6. The minimum atomic E-state index is -0.0742. The van der Waals surface area contributed by atoms with E-state index >= 15 is 0 Å². The van der Waals surface area contributed by atoms with E-state index in [9.17, 15) is 9.59 Å². The Morgan fingerprint density at radius 2 is 2.17 bits per heavy atom. The van der Waals surface area contributed by atoms with Gasteiger partial charge in [-0.3, -0.25) is 9.48 Å². The van der Waals surface area contributed by atoms with Gasteiger partial charge in [0, 0.05) is 51.3 Å². The molecule has 2 unspecified atom stereocenters. The second kappa shape index (κ2) is 6.22. The van der Waals surface area contributed by atoms with E-state index in [0.717, 1.165) is 13.0 Å². The summed E-state index contributed by atoms with van der Waals surface area (Å²) in [6, 6.07) is 0.0563. The molecule has 1 aromatic rings. The lowest BCUT2D eigenvalue weighted by Crippen LogP contribution is -2.45. The lowest BCUT2D eigenvalue weighted by molar-refractivity contribution is -0.129. The standard InChI is InChI=1S/C16H25N5O2/c1-11(2)21-10-14(6-15(21)22)18-16(23)20-5-4-12(9-20)13-7-17-19(3)8-13/h7-8,11-12,14H,4-6,9-10H2,1-3H3,(H,18,23). The molecule has 23 heavy (non-hydrogen) atoms. The van der Waals surface area contributed by atoms with Gasteiger partial charge >= 0.3 is 6.03 Å². The average molecular weight is 319 g/mol. The fourth-order valence-electron chi connectivity index (χ4n) is 3.46. The van der Waals surface area contributed by atoms with Crippen molar-refractivity contribution in [2.75, 3.05) is 19.6 Å². The zero-order valence-electron chi connectivity index (χ0n) is 14.0. The van der Waals surface area contributed by atoms with Gasteiger partial charge in [0.1, 0.15) is 0 Å². The van der Waals surface area contributed by atoms with Gasteiger partial charge in [0.25, 0.3) is 0 Å². The number of carbonyl (C=O) groups is 2. The molecule has 3 amide bonds. The molecule has 2 fully saturated rings. The summed E-state index contributed by atoms with van der Waals surface area (Å²) >= 11 is 0. The lowest BCUT2D eigenvalue weighted by atomic mass is 10.0. The van der Waals surface area contributed by atoms with Gasteiger partial charge in [0.15, 0.2) is 0 Å². The van der Waals surface area contributed by atoms with Crippen LogP contribution in [-0.4, -0.2) is 63.2 Å². The minimum Gasteiger partial charge on any atom is -0.338 e. The van der Waals surface area contributed by atoms with Crippen molar-refractivity contribution in [2.45, 2.75) is 44.7 Å². The van der Waals surface area contributed by atoms with Crippen LogP contribution in [0.5, 0.6) is 0 Å². The number of likely N-dealkylation sites (tertiary alicyclic amines) is 2. The maximum Gasteiger partial charge on any atom is 0.317 e. The van der Waals surface area contributed by atoms with Gasteiger partial charge in [0.05, 0.1) is 12.2 Å². The monoisotopic (exact) mass is 319 g/mol. The highest BCUT2D eigenvalue weighted by Gasteiger charge is 2.34. The Morgan fingerprint density at radius 1 is 1.39 bits per heavy atom. The molecule has 3 heterocycles. The lowest BCUT2D eigenvalue weighted by Gasteiger charge is -2.23. The van der Waals surface area contributed by atoms with Crippen LogP contribution in [0.15, 0.2) is 12.4 Å². The number of nitrogens with one attached hydrogen (secondary N) is 1. The topological polar surface area (TPSA) is 70.5 Å². The van der Waals surface area contributed by atoms with E-state index in [1.54, 1.807) is 4.68 Å². The van der Waals surface area contributed by atoms with Gasteiger partial charge in [-0.05, 0) is 25.8 Å². The largest absolute Gasteiger partial charge is 0.338 e. The van der Waals surface area contributed by atoms with E-state index in [-0.39, 0.29) is 24.0 Å². The number of amides is 3. The summed E-state index contributed by atoms with van der Waals surface area (Å²) < 4.78 is 1.79. The molecule has 7 nitrogen and oxygen atoms in total. The molecular formula is C16H25N5O2. The molecule has 2 saturated heterocycles. The van der Waals surface area contributed by atoms with Crippen molar-refractivity contribution in [1.29, 1.82) is 0 Å². The quantitative estimate of drug-likeness (QED) is 0.901. The first kappa shape index (κ1) is 15.8. The SMILES string of the molecule is CC(C)N1CC(NC(=O)N2CCC(c3cnn(C)c3)C2)CC1=O. The number of urea groups is 1. The molecule has 1 aromatic heterocycles. The van der Waals surface area contributed by atoms with Crippen molar-refractivity contribution >= 4 is 11.9 Å². The highest BCUT2D eigenvalue weighted by Crippen LogP contribution is 2.26. The summed E-state index contributed by atoms with van der Waals surface area (Å²) in [6.45, 7) is 6.08. The van der Waals surface area contributed by atoms with Crippen molar-refractivity contribution in [2.24, 2.45) is 7.05 Å². The van der Waals surface area contributed by atoms with Crippen LogP contribution >= 0.6 is 0 Å². The molecule has 2 aliphatic rings. The van der Waals surface area contributed by atoms with Gasteiger partial charge < -0.3 is 15.1 Å². The zero-order valence-corrected chi connectivity index (χ0v) is 14.0. The van der Waals surface area contributed by atoms with E-state index in [1.807, 2.05) is 43.1 Å². The number of hydrogen-bond donors (Lipinski definition) is 1. The summed E-state index contributed by atoms with van der Waals surface area (Å²) in [7, 11) is 1.90. The Bertz CT molecular complexity index is 597. The molecule has 7 heteroatoms. The number of aromatic nitrogens is 2. The van der Waals surface area contributed by atoms with E-state index in [1.165, 1.54) is 5.56 Å². The molecule has 0 saturated carbocycles. The molecule has 0 spiro atoms. The van der Waals surface area contributed by atoms with Crippen molar-refractivity contribution in [1.82, 2.24) is 24.9 Å². The molecular weight excluding hydrogens is 294 g/mol. The van der Waals surface area contributed by atoms with Crippen LogP contribution in [0.4, 0.5) is 4.79 Å². The van der Waals surface area contributed by atoms with Crippen molar-refractivity contribution in [3.8, 4) is 0 Å². The van der Waals surface area contributed by atoms with Crippen molar-refractivity contribution < 1.29 is 9.59 Å². The molecule has 3 rings (SSSR count). The first-order valence-electron chi connectivity index (χ1n) is 8.27. The van der Waals surface area contributed by atoms with Crippen molar-refractivity contribution in [3.63, 3.8) is 0 Å². The Kier molecular flexibility index (Phi) is 4.28. The third kappa shape index (κ3) is 3.33. The van der Waals surface area contributed by atoms with E-state index < -0.39 is 0 Å². The van der Waals surface area contributed by atoms with Crippen LogP contribution in [0.2, 0.25) is 0 Å². The van der Waals surface area contributed by atoms with Gasteiger partial charge in [-0.2, -0.15) is 5.10 Å². The van der Waals surface area contributed by atoms with Crippen LogP contribution in [0, 0.1) is 0 Å². The number of hydrogen-bond acceptors (Lipinski definition) is 3. The normalized spacial score (nSPS) is 24.8. The molecule has 0 aliphatic carbocycles. The third-order valence-electron chi connectivity index (χ3n) is 4.78. The van der Waals surface area contributed by atoms with Crippen LogP contribution in [0.3, 0.4) is 0 Å². The highest BCUT2D eigenvalue weighted by molar-refractivity contribution is 5.82. The first-order valence-corrected chi connectivity index (χ1v) is 8.27. The molecule has 0 bridgehead atoms. The summed E-state index contributed by atoms with van der Waals surface area (Å²) in [5, 5.41) is 7.22. The van der Waals surface area contributed by atoms with E-state index in [4.69, 9.17) is 0 Å². The summed E-state index contributed by atoms with van der Waals surface area (Å²) in [4.78, 5) is 28.0. The summed E-state index contributed by atoms with van der Waals surface area (Å²) in [5.41, 5.74) is 1.19. The predicted molar refractivity (Wildman–Crippen MR) is 85.9 cm³/mol. The van der Waals surface area contributed by atoms with Gasteiger partial charge in [-0.25, -0.2) is 4.79 Å². The van der Waals surface area contributed by atoms with Crippen LogP contribution in [-0.2, 0) is 11.8 Å². The third-order valence-corrected chi connectivity index (χ3v) is 4.78. The highest BCUT2D eigenvalue weighted by atomic mass is 16.2. The molecule has 1 N–H and O–H groups in total. The fourth-order valence-corrected chi connectivity index (χ4v) is 3.46. The van der Waals surface area contributed by atoms with E-state index in [0.29, 0.717) is 25.4 Å². The Balaban J connectivity index is 1.53. The van der Waals surface area contributed by atoms with Gasteiger partial charge in [0.2, 0.25) is 5.91 Å². The van der Waals surface area contributed by atoms with E-state index in [2.05, 4.69) is 10.4 Å². The smallest absolute Gasteiger partial charge is 0.317 e. The first-order chi connectivity index (χ1) is 10.9. The second-order valence-corrected chi connectivity index (χ2v) is 6.87.